The van der Waals surface area contributed by atoms with Gasteiger partial charge in [0.25, 0.3) is 5.56 Å². The predicted octanol–water partition coefficient (Wildman–Crippen LogP) is 1.19. The number of fused-ring (bicyclic) bond motifs is 1. The molecular weight excluding hydrogens is 344 g/mol. The van der Waals surface area contributed by atoms with E-state index >= 15 is 0 Å². The van der Waals surface area contributed by atoms with Crippen molar-refractivity contribution >= 4 is 22.8 Å². The van der Waals surface area contributed by atoms with Gasteiger partial charge in [-0.25, -0.2) is 4.79 Å². The molecule has 0 bridgehead atoms. The van der Waals surface area contributed by atoms with E-state index in [-0.39, 0.29) is 16.7 Å². The molecule has 0 atom stereocenters. The number of nitro benzene ring substituents is 1. The first-order valence-corrected chi connectivity index (χ1v) is 7.26. The van der Waals surface area contributed by atoms with Gasteiger partial charge in [-0.15, -0.1) is 4.68 Å². The standard InChI is InChI=1S/C16H12N4O6/c1-26-10-6-9(14(21)13(7-10)20(24)25)8-17-19-15(22)11-4-2-3-5-12(11)18-16(19)23/h2-8,21H,1H3,(H,18,23)/b17-8+. The van der Waals surface area contributed by atoms with Gasteiger partial charge < -0.3 is 14.8 Å². The van der Waals surface area contributed by atoms with Crippen LogP contribution in [-0.4, -0.2) is 33.0 Å². The Morgan fingerprint density at radius 1 is 1.31 bits per heavy atom. The number of hydrogen-bond donors (Lipinski definition) is 2. The number of aromatic nitrogens is 2. The van der Waals surface area contributed by atoms with Gasteiger partial charge >= 0.3 is 11.4 Å². The number of nitrogens with zero attached hydrogens (tertiary/aromatic N) is 3. The molecule has 2 N–H and O–H groups in total. The van der Waals surface area contributed by atoms with Gasteiger partial charge in [0.1, 0.15) is 5.75 Å². The molecule has 0 saturated heterocycles. The fourth-order valence-electron chi connectivity index (χ4n) is 2.35. The van der Waals surface area contributed by atoms with Crippen LogP contribution in [0.15, 0.2) is 51.1 Å². The lowest BCUT2D eigenvalue weighted by molar-refractivity contribution is -0.385. The summed E-state index contributed by atoms with van der Waals surface area (Å²) < 4.78 is 5.51. The maximum atomic E-state index is 12.4. The number of phenols is 1. The number of H-pyrrole nitrogens is 1. The Morgan fingerprint density at radius 3 is 2.73 bits per heavy atom. The molecule has 1 heterocycles. The molecule has 3 aromatic rings. The molecule has 0 aliphatic carbocycles. The third kappa shape index (κ3) is 2.90. The Labute approximate surface area is 144 Å². The number of benzene rings is 2. The first-order valence-electron chi connectivity index (χ1n) is 7.26. The monoisotopic (exact) mass is 356 g/mol. The van der Waals surface area contributed by atoms with Gasteiger partial charge in [-0.2, -0.15) is 5.10 Å². The lowest BCUT2D eigenvalue weighted by Crippen LogP contribution is -2.32. The summed E-state index contributed by atoms with van der Waals surface area (Å²) in [6.45, 7) is 0. The van der Waals surface area contributed by atoms with Gasteiger partial charge in [0.2, 0.25) is 5.75 Å². The van der Waals surface area contributed by atoms with Crippen LogP contribution < -0.4 is 16.0 Å². The molecule has 0 amide bonds. The second kappa shape index (κ2) is 6.51. The second-order valence-electron chi connectivity index (χ2n) is 5.18. The van der Waals surface area contributed by atoms with E-state index in [0.29, 0.717) is 10.2 Å². The molecule has 0 fully saturated rings. The van der Waals surface area contributed by atoms with Crippen molar-refractivity contribution in [3.63, 3.8) is 0 Å². The van der Waals surface area contributed by atoms with Crippen LogP contribution in [0.4, 0.5) is 5.69 Å². The highest BCUT2D eigenvalue weighted by atomic mass is 16.6. The van der Waals surface area contributed by atoms with Crippen molar-refractivity contribution in [2.75, 3.05) is 7.11 Å². The molecule has 0 unspecified atom stereocenters. The second-order valence-corrected chi connectivity index (χ2v) is 5.18. The third-order valence-electron chi connectivity index (χ3n) is 3.62. The van der Waals surface area contributed by atoms with Gasteiger partial charge in [-0.1, -0.05) is 12.1 Å². The fourth-order valence-corrected chi connectivity index (χ4v) is 2.35. The van der Waals surface area contributed by atoms with Gasteiger partial charge in [-0.3, -0.25) is 14.9 Å². The zero-order valence-electron chi connectivity index (χ0n) is 13.4. The number of rotatable bonds is 4. The van der Waals surface area contributed by atoms with Crippen molar-refractivity contribution in [3.8, 4) is 11.5 Å². The van der Waals surface area contributed by atoms with Gasteiger partial charge in [0.05, 0.1) is 35.2 Å². The molecule has 2 aromatic carbocycles. The first-order chi connectivity index (χ1) is 12.4. The van der Waals surface area contributed by atoms with Crippen LogP contribution in [0.1, 0.15) is 5.56 Å². The predicted molar refractivity (Wildman–Crippen MR) is 93.1 cm³/mol. The molecule has 0 spiro atoms. The first kappa shape index (κ1) is 16.9. The number of hydrogen-bond acceptors (Lipinski definition) is 7. The van der Waals surface area contributed by atoms with Crippen LogP contribution in [0, 0.1) is 10.1 Å². The summed E-state index contributed by atoms with van der Waals surface area (Å²) in [6, 6.07) is 8.72. The smallest absolute Gasteiger partial charge is 0.349 e. The van der Waals surface area contributed by atoms with Crippen LogP contribution in [0.3, 0.4) is 0 Å². The molecule has 132 valence electrons. The topological polar surface area (TPSA) is 140 Å². The van der Waals surface area contributed by atoms with Crippen LogP contribution in [0.5, 0.6) is 11.5 Å². The third-order valence-corrected chi connectivity index (χ3v) is 3.62. The zero-order chi connectivity index (χ0) is 18.8. The highest BCUT2D eigenvalue weighted by Crippen LogP contribution is 2.33. The fraction of sp³-hybridized carbons (Fsp3) is 0.0625. The highest BCUT2D eigenvalue weighted by Gasteiger charge is 2.19. The molecule has 0 aliphatic rings. The Balaban J connectivity index is 2.16. The minimum Gasteiger partial charge on any atom is -0.502 e. The van der Waals surface area contributed by atoms with Gasteiger partial charge in [0.15, 0.2) is 0 Å². The molecule has 10 heteroatoms. The number of aromatic hydroxyl groups is 1. The lowest BCUT2D eigenvalue weighted by Gasteiger charge is -2.05. The maximum Gasteiger partial charge on any atom is 0.349 e. The minimum absolute atomic E-state index is 0.0875. The summed E-state index contributed by atoms with van der Waals surface area (Å²) in [4.78, 5) is 37.2. The molecule has 10 nitrogen and oxygen atoms in total. The molecule has 26 heavy (non-hydrogen) atoms. The van der Waals surface area contributed by atoms with E-state index in [0.717, 1.165) is 12.3 Å². The Kier molecular flexibility index (Phi) is 4.23. The number of methoxy groups -OCH3 is 1. The van der Waals surface area contributed by atoms with Crippen LogP contribution in [0.25, 0.3) is 10.9 Å². The summed E-state index contributed by atoms with van der Waals surface area (Å²) >= 11 is 0. The van der Waals surface area contributed by atoms with E-state index in [9.17, 15) is 24.8 Å². The SMILES string of the molecule is COc1cc(/C=N/n2c(=O)[nH]c3ccccc3c2=O)c(O)c([N+](=O)[O-])c1. The Bertz CT molecular complexity index is 1160. The summed E-state index contributed by atoms with van der Waals surface area (Å²) in [5.74, 6) is -0.555. The normalized spacial score (nSPS) is 11.1. The average molecular weight is 356 g/mol. The van der Waals surface area contributed by atoms with E-state index < -0.39 is 27.6 Å². The quantitative estimate of drug-likeness (QED) is 0.409. The van der Waals surface area contributed by atoms with E-state index in [1.807, 2.05) is 0 Å². The zero-order valence-corrected chi connectivity index (χ0v) is 13.4. The van der Waals surface area contributed by atoms with E-state index in [2.05, 4.69) is 10.1 Å². The van der Waals surface area contributed by atoms with Crippen molar-refractivity contribution < 1.29 is 14.8 Å². The van der Waals surface area contributed by atoms with Crippen molar-refractivity contribution in [1.82, 2.24) is 9.66 Å². The number of ether oxygens (including phenoxy) is 1. The van der Waals surface area contributed by atoms with Crippen molar-refractivity contribution in [3.05, 3.63) is 72.9 Å². The van der Waals surface area contributed by atoms with Crippen molar-refractivity contribution in [2.24, 2.45) is 5.10 Å². The number of phenolic OH excluding ortho intramolecular Hbond substituents is 1. The van der Waals surface area contributed by atoms with E-state index in [1.165, 1.54) is 19.2 Å². The summed E-state index contributed by atoms with van der Waals surface area (Å²) in [5.41, 5.74) is -1.78. The van der Waals surface area contributed by atoms with E-state index in [4.69, 9.17) is 4.74 Å². The van der Waals surface area contributed by atoms with Gasteiger partial charge in [0, 0.05) is 5.56 Å². The lowest BCUT2D eigenvalue weighted by atomic mass is 10.1. The van der Waals surface area contributed by atoms with Crippen LogP contribution in [0.2, 0.25) is 0 Å². The number of nitrogens with one attached hydrogen (secondary N) is 1. The van der Waals surface area contributed by atoms with Gasteiger partial charge in [-0.05, 0) is 18.2 Å². The summed E-state index contributed by atoms with van der Waals surface area (Å²) in [6.07, 6.45) is 0.969. The summed E-state index contributed by atoms with van der Waals surface area (Å²) in [5, 5.41) is 25.0. The number of para-hydroxylation sites is 1. The number of aromatic amines is 1. The van der Waals surface area contributed by atoms with Crippen molar-refractivity contribution in [2.45, 2.75) is 0 Å². The average Bonchev–Trinajstić information content (AvgIpc) is 2.62. The molecule has 0 aliphatic heterocycles. The van der Waals surface area contributed by atoms with E-state index in [1.54, 1.807) is 18.2 Å². The van der Waals surface area contributed by atoms with Crippen LogP contribution >= 0.6 is 0 Å². The molecule has 0 radical (unpaired) electrons. The minimum atomic E-state index is -0.790. The Morgan fingerprint density at radius 2 is 2.04 bits per heavy atom. The molecule has 1 aromatic heterocycles. The molecule has 0 saturated carbocycles. The number of nitro groups is 1. The summed E-state index contributed by atoms with van der Waals surface area (Å²) in [7, 11) is 1.30. The maximum absolute atomic E-state index is 12.4. The highest BCUT2D eigenvalue weighted by molar-refractivity contribution is 5.86. The van der Waals surface area contributed by atoms with Crippen molar-refractivity contribution in [1.29, 1.82) is 0 Å². The Hall–Kier alpha value is -3.95. The molecular formula is C16H12N4O6. The van der Waals surface area contributed by atoms with Crippen LogP contribution in [-0.2, 0) is 0 Å². The molecule has 3 rings (SSSR count). The largest absolute Gasteiger partial charge is 0.502 e.